The molecule has 0 saturated carbocycles. The Morgan fingerprint density at radius 3 is 2.52 bits per heavy atom. The molecule has 0 bridgehead atoms. The number of nitrogens with zero attached hydrogens (tertiary/aromatic N) is 2. The van der Waals surface area contributed by atoms with E-state index in [-0.39, 0.29) is 34.7 Å². The van der Waals surface area contributed by atoms with E-state index in [9.17, 15) is 13.2 Å². The van der Waals surface area contributed by atoms with Crippen LogP contribution in [0.3, 0.4) is 0 Å². The fourth-order valence-corrected chi connectivity index (χ4v) is 5.04. The van der Waals surface area contributed by atoms with Crippen LogP contribution >= 0.6 is 12.4 Å². The molecule has 1 atom stereocenters. The molecular weight excluding hydrogens is 364 g/mol. The lowest BCUT2D eigenvalue weighted by Crippen LogP contribution is -2.53. The van der Waals surface area contributed by atoms with Gasteiger partial charge in [0, 0.05) is 38.4 Å². The predicted molar refractivity (Wildman–Crippen MR) is 98.3 cm³/mol. The molecular formula is C16H27ClN4O3S. The maximum absolute atomic E-state index is 12.9. The molecule has 142 valence electrons. The highest BCUT2D eigenvalue weighted by molar-refractivity contribution is 7.89. The molecule has 1 unspecified atom stereocenters. The first-order valence-electron chi connectivity index (χ1n) is 8.45. The number of hydrogen-bond donors (Lipinski definition) is 2. The van der Waals surface area contributed by atoms with Gasteiger partial charge in [-0.15, -0.1) is 12.4 Å². The van der Waals surface area contributed by atoms with Gasteiger partial charge in [-0.25, -0.2) is 8.42 Å². The lowest BCUT2D eigenvalue weighted by Gasteiger charge is -2.41. The van der Waals surface area contributed by atoms with Crippen molar-refractivity contribution in [1.82, 2.24) is 14.2 Å². The SMILES string of the molecule is CC1(C)CN(S(=O)(=O)c2c[nH]c(C(=O)N3CCCC3)c2)CCC1N.Cl. The molecule has 2 aliphatic heterocycles. The first kappa shape index (κ1) is 20.2. The average Bonchev–Trinajstić information content (AvgIpc) is 3.20. The highest BCUT2D eigenvalue weighted by Gasteiger charge is 2.39. The van der Waals surface area contributed by atoms with E-state index >= 15 is 0 Å². The number of aromatic amines is 1. The van der Waals surface area contributed by atoms with Crippen LogP contribution in [0.1, 0.15) is 43.6 Å². The fraction of sp³-hybridized carbons (Fsp3) is 0.688. The van der Waals surface area contributed by atoms with Crippen LogP contribution in [0.25, 0.3) is 0 Å². The second kappa shape index (κ2) is 7.26. The van der Waals surface area contributed by atoms with Crippen molar-refractivity contribution in [3.05, 3.63) is 18.0 Å². The topological polar surface area (TPSA) is 99.5 Å². The number of piperidine rings is 1. The summed E-state index contributed by atoms with van der Waals surface area (Å²) < 4.78 is 27.2. The zero-order valence-electron chi connectivity index (χ0n) is 14.7. The molecule has 25 heavy (non-hydrogen) atoms. The van der Waals surface area contributed by atoms with Gasteiger partial charge in [0.2, 0.25) is 10.0 Å². The number of hydrogen-bond acceptors (Lipinski definition) is 4. The second-order valence-electron chi connectivity index (χ2n) is 7.47. The fourth-order valence-electron chi connectivity index (χ4n) is 3.42. The Morgan fingerprint density at radius 1 is 1.28 bits per heavy atom. The first-order chi connectivity index (χ1) is 11.2. The number of carbonyl (C=O) groups is 1. The Balaban J connectivity index is 0.00000225. The van der Waals surface area contributed by atoms with Gasteiger partial charge in [-0.1, -0.05) is 13.8 Å². The number of halogens is 1. The summed E-state index contributed by atoms with van der Waals surface area (Å²) in [5.41, 5.74) is 6.16. The van der Waals surface area contributed by atoms with Crippen molar-refractivity contribution < 1.29 is 13.2 Å². The molecule has 7 nitrogen and oxygen atoms in total. The highest BCUT2D eigenvalue weighted by Crippen LogP contribution is 2.31. The monoisotopic (exact) mass is 390 g/mol. The van der Waals surface area contributed by atoms with Crippen LogP contribution in [0.4, 0.5) is 0 Å². The van der Waals surface area contributed by atoms with Gasteiger partial charge in [0.25, 0.3) is 5.91 Å². The number of H-pyrrole nitrogens is 1. The number of likely N-dealkylation sites (tertiary alicyclic amines) is 1. The van der Waals surface area contributed by atoms with Crippen LogP contribution in [0, 0.1) is 5.41 Å². The van der Waals surface area contributed by atoms with Crippen LogP contribution in [-0.4, -0.2) is 60.7 Å². The van der Waals surface area contributed by atoms with E-state index in [2.05, 4.69) is 4.98 Å². The van der Waals surface area contributed by atoms with Crippen molar-refractivity contribution in [3.8, 4) is 0 Å². The largest absolute Gasteiger partial charge is 0.356 e. The summed E-state index contributed by atoms with van der Waals surface area (Å²) in [4.78, 5) is 17.1. The lowest BCUT2D eigenvalue weighted by molar-refractivity contribution is 0.0787. The molecule has 9 heteroatoms. The lowest BCUT2D eigenvalue weighted by atomic mass is 9.81. The molecule has 3 N–H and O–H groups in total. The minimum absolute atomic E-state index is 0. The van der Waals surface area contributed by atoms with E-state index in [0.717, 1.165) is 25.9 Å². The zero-order chi connectivity index (χ0) is 17.5. The number of sulfonamides is 1. The van der Waals surface area contributed by atoms with Crippen LogP contribution in [0.15, 0.2) is 17.2 Å². The molecule has 0 aromatic carbocycles. The molecule has 2 aliphatic rings. The zero-order valence-corrected chi connectivity index (χ0v) is 16.3. The molecule has 2 saturated heterocycles. The molecule has 1 amide bonds. The van der Waals surface area contributed by atoms with E-state index in [4.69, 9.17) is 5.73 Å². The molecule has 0 aliphatic carbocycles. The van der Waals surface area contributed by atoms with Crippen LogP contribution < -0.4 is 5.73 Å². The van der Waals surface area contributed by atoms with E-state index < -0.39 is 10.0 Å². The Hall–Kier alpha value is -1.09. The standard InChI is InChI=1S/C16H26N4O3S.ClH/c1-16(2)11-20(8-5-14(16)17)24(22,23)12-9-13(18-10-12)15(21)19-6-3-4-7-19;/h9-10,14,18H,3-8,11,17H2,1-2H3;1H. The molecule has 0 spiro atoms. The second-order valence-corrected chi connectivity index (χ2v) is 9.41. The van der Waals surface area contributed by atoms with E-state index in [0.29, 0.717) is 25.2 Å². The Kier molecular flexibility index (Phi) is 5.88. The minimum atomic E-state index is -3.62. The number of nitrogens with one attached hydrogen (secondary N) is 1. The summed E-state index contributed by atoms with van der Waals surface area (Å²) in [7, 11) is -3.62. The predicted octanol–water partition coefficient (Wildman–Crippen LogP) is 1.42. The van der Waals surface area contributed by atoms with E-state index in [1.165, 1.54) is 16.6 Å². The summed E-state index contributed by atoms with van der Waals surface area (Å²) >= 11 is 0. The molecule has 3 heterocycles. The summed E-state index contributed by atoms with van der Waals surface area (Å²) in [5, 5.41) is 0. The Labute approximate surface area is 155 Å². The summed E-state index contributed by atoms with van der Waals surface area (Å²) in [6.07, 6.45) is 4.05. The summed E-state index contributed by atoms with van der Waals surface area (Å²) in [6.45, 7) is 6.23. The maximum Gasteiger partial charge on any atom is 0.270 e. The third-order valence-corrected chi connectivity index (χ3v) is 7.02. The van der Waals surface area contributed by atoms with Gasteiger partial charge in [-0.2, -0.15) is 4.31 Å². The van der Waals surface area contributed by atoms with Gasteiger partial charge in [0.1, 0.15) is 10.6 Å². The summed E-state index contributed by atoms with van der Waals surface area (Å²) in [6, 6.07) is 1.44. The van der Waals surface area contributed by atoms with E-state index in [1.54, 1.807) is 4.90 Å². The molecule has 1 aromatic heterocycles. The third-order valence-electron chi connectivity index (χ3n) is 5.20. The van der Waals surface area contributed by atoms with Crippen LogP contribution in [-0.2, 0) is 10.0 Å². The van der Waals surface area contributed by atoms with E-state index in [1.807, 2.05) is 13.8 Å². The summed E-state index contributed by atoms with van der Waals surface area (Å²) in [5.74, 6) is -0.130. The van der Waals surface area contributed by atoms with Crippen molar-refractivity contribution in [1.29, 1.82) is 0 Å². The number of aromatic nitrogens is 1. The first-order valence-corrected chi connectivity index (χ1v) is 9.89. The van der Waals surface area contributed by atoms with Gasteiger partial charge in [0.15, 0.2) is 0 Å². The van der Waals surface area contributed by atoms with Gasteiger partial charge >= 0.3 is 0 Å². The van der Waals surface area contributed by atoms with Crippen LogP contribution in [0.2, 0.25) is 0 Å². The molecule has 1 aromatic rings. The van der Waals surface area contributed by atoms with Crippen molar-refractivity contribution in [2.45, 2.75) is 44.0 Å². The van der Waals surface area contributed by atoms with Gasteiger partial charge in [0.05, 0.1) is 0 Å². The third kappa shape index (κ3) is 3.86. The van der Waals surface area contributed by atoms with Crippen molar-refractivity contribution >= 4 is 28.3 Å². The van der Waals surface area contributed by atoms with Gasteiger partial charge < -0.3 is 15.6 Å². The molecule has 3 rings (SSSR count). The maximum atomic E-state index is 12.9. The average molecular weight is 391 g/mol. The number of amides is 1. The Morgan fingerprint density at radius 2 is 1.92 bits per heavy atom. The minimum Gasteiger partial charge on any atom is -0.356 e. The highest BCUT2D eigenvalue weighted by atomic mass is 35.5. The van der Waals surface area contributed by atoms with Crippen molar-refractivity contribution in [2.75, 3.05) is 26.2 Å². The number of nitrogens with two attached hydrogens (primary N) is 1. The smallest absolute Gasteiger partial charge is 0.270 e. The van der Waals surface area contributed by atoms with Crippen molar-refractivity contribution in [3.63, 3.8) is 0 Å². The van der Waals surface area contributed by atoms with Gasteiger partial charge in [-0.05, 0) is 30.7 Å². The van der Waals surface area contributed by atoms with Crippen molar-refractivity contribution in [2.24, 2.45) is 11.1 Å². The van der Waals surface area contributed by atoms with Crippen LogP contribution in [0.5, 0.6) is 0 Å². The molecule has 0 radical (unpaired) electrons. The quantitative estimate of drug-likeness (QED) is 0.815. The number of carbonyl (C=O) groups excluding carboxylic acids is 1. The number of rotatable bonds is 3. The van der Waals surface area contributed by atoms with Gasteiger partial charge in [-0.3, -0.25) is 4.79 Å². The molecule has 2 fully saturated rings. The Bertz CT molecular complexity index is 725. The normalized spacial score (nSPS) is 24.1.